The van der Waals surface area contributed by atoms with Gasteiger partial charge >= 0.3 is 6.03 Å². The van der Waals surface area contributed by atoms with E-state index in [9.17, 15) is 4.79 Å². The summed E-state index contributed by atoms with van der Waals surface area (Å²) in [5.41, 5.74) is 4.97. The number of aliphatic hydroxyl groups excluding tert-OH is 1. The molecular formula is C7H15N2O5P. The average molecular weight is 238 g/mol. The van der Waals surface area contributed by atoms with E-state index in [4.69, 9.17) is 24.8 Å². The van der Waals surface area contributed by atoms with E-state index in [-0.39, 0.29) is 6.61 Å². The minimum Gasteiger partial charge on any atom is -0.394 e. The Morgan fingerprint density at radius 3 is 2.73 bits per heavy atom. The lowest BCUT2D eigenvalue weighted by atomic mass is 10.1. The molecule has 0 bridgehead atoms. The highest BCUT2D eigenvalue weighted by atomic mass is 31.0. The fraction of sp³-hybridized carbons (Fsp3) is 0.857. The number of ether oxygens (including phenoxy) is 2. The second kappa shape index (κ2) is 5.58. The summed E-state index contributed by atoms with van der Waals surface area (Å²) in [4.78, 5) is 10.7. The van der Waals surface area contributed by atoms with Gasteiger partial charge in [-0.2, -0.15) is 0 Å². The molecule has 0 radical (unpaired) electrons. The number of rotatable bonds is 4. The number of aliphatic hydroxyl groups is 1. The average Bonchev–Trinajstić information content (AvgIpc) is 2.53. The molecule has 2 amide bonds. The van der Waals surface area contributed by atoms with Crippen molar-refractivity contribution in [2.24, 2.45) is 5.73 Å². The number of urea groups is 1. The number of hydrogen-bond donors (Lipinski definition) is 3. The van der Waals surface area contributed by atoms with Crippen LogP contribution in [0.5, 0.6) is 0 Å². The van der Waals surface area contributed by atoms with Gasteiger partial charge in [-0.3, -0.25) is 0 Å². The molecule has 1 aliphatic rings. The Bertz CT molecular complexity index is 229. The van der Waals surface area contributed by atoms with Crippen LogP contribution in [0.25, 0.3) is 0 Å². The molecular weight excluding hydrogens is 223 g/mol. The summed E-state index contributed by atoms with van der Waals surface area (Å²) >= 11 is 0. The molecule has 0 aromatic rings. The molecule has 5 atom stereocenters. The quantitative estimate of drug-likeness (QED) is 0.520. The minimum absolute atomic E-state index is 0.226. The molecule has 5 unspecified atom stereocenters. The molecule has 88 valence electrons. The Balaban J connectivity index is 2.69. The molecule has 1 saturated heterocycles. The molecule has 4 N–H and O–H groups in total. The third kappa shape index (κ3) is 2.76. The summed E-state index contributed by atoms with van der Waals surface area (Å²) in [6.45, 7) is -0.226. The van der Waals surface area contributed by atoms with Crippen molar-refractivity contribution in [2.75, 3.05) is 13.7 Å². The second-order valence-electron chi connectivity index (χ2n) is 3.09. The zero-order chi connectivity index (χ0) is 11.4. The smallest absolute Gasteiger partial charge is 0.314 e. The van der Waals surface area contributed by atoms with Crippen molar-refractivity contribution in [3.8, 4) is 0 Å². The molecule has 0 aromatic heterocycles. The first kappa shape index (κ1) is 12.6. The van der Waals surface area contributed by atoms with Crippen LogP contribution in [-0.2, 0) is 14.0 Å². The van der Waals surface area contributed by atoms with Crippen molar-refractivity contribution >= 4 is 15.5 Å². The molecule has 15 heavy (non-hydrogen) atoms. The molecule has 0 saturated carbocycles. The molecule has 0 spiro atoms. The van der Waals surface area contributed by atoms with Crippen molar-refractivity contribution in [2.45, 2.75) is 24.5 Å². The summed E-state index contributed by atoms with van der Waals surface area (Å²) < 4.78 is 15.5. The normalized spacial score (nSPS) is 35.4. The maximum absolute atomic E-state index is 10.7. The van der Waals surface area contributed by atoms with Gasteiger partial charge in [0.15, 0.2) is 6.23 Å². The topological polar surface area (TPSA) is 103 Å². The van der Waals surface area contributed by atoms with E-state index in [1.807, 2.05) is 0 Å². The van der Waals surface area contributed by atoms with Crippen LogP contribution in [0.4, 0.5) is 4.79 Å². The molecule has 0 aliphatic carbocycles. The van der Waals surface area contributed by atoms with Crippen LogP contribution in [0.15, 0.2) is 0 Å². The third-order valence-corrected chi connectivity index (χ3v) is 2.52. The van der Waals surface area contributed by atoms with Crippen LogP contribution >= 0.6 is 9.47 Å². The first-order valence-electron chi connectivity index (χ1n) is 4.34. The summed E-state index contributed by atoms with van der Waals surface area (Å²) in [7, 11) is 3.53. The van der Waals surface area contributed by atoms with Crippen LogP contribution in [0.1, 0.15) is 0 Å². The van der Waals surface area contributed by atoms with Crippen LogP contribution in [-0.4, -0.2) is 49.4 Å². The molecule has 8 heteroatoms. The standard InChI is InChI=1S/C7H15N2O5P/c1-12-5-4(14-15)3(2-10)13-6(5)9-7(8)11/h3-6,10H,2,15H2,1H3,(H3,8,9,11). The van der Waals surface area contributed by atoms with Gasteiger partial charge in [0.1, 0.15) is 18.3 Å². The highest BCUT2D eigenvalue weighted by Gasteiger charge is 2.45. The highest BCUT2D eigenvalue weighted by molar-refractivity contribution is 7.09. The molecule has 1 fully saturated rings. The van der Waals surface area contributed by atoms with E-state index in [0.717, 1.165) is 0 Å². The Hall–Kier alpha value is -0.460. The Morgan fingerprint density at radius 2 is 2.33 bits per heavy atom. The summed E-state index contributed by atoms with van der Waals surface area (Å²) in [5, 5.41) is 11.4. The van der Waals surface area contributed by atoms with E-state index in [0.29, 0.717) is 0 Å². The van der Waals surface area contributed by atoms with Crippen molar-refractivity contribution in [3.05, 3.63) is 0 Å². The Morgan fingerprint density at radius 1 is 1.67 bits per heavy atom. The van der Waals surface area contributed by atoms with Crippen molar-refractivity contribution in [1.29, 1.82) is 0 Å². The molecule has 1 aliphatic heterocycles. The van der Waals surface area contributed by atoms with E-state index in [2.05, 4.69) is 14.8 Å². The zero-order valence-corrected chi connectivity index (χ0v) is 9.41. The fourth-order valence-corrected chi connectivity index (χ4v) is 1.88. The predicted octanol–water partition coefficient (Wildman–Crippen LogP) is -1.44. The number of hydrogen-bond acceptors (Lipinski definition) is 5. The number of carbonyl (C=O) groups excluding carboxylic acids is 1. The van der Waals surface area contributed by atoms with Crippen LogP contribution in [0.2, 0.25) is 0 Å². The maximum Gasteiger partial charge on any atom is 0.314 e. The van der Waals surface area contributed by atoms with Gasteiger partial charge in [-0.15, -0.1) is 0 Å². The number of carbonyl (C=O) groups is 1. The minimum atomic E-state index is -0.719. The lowest BCUT2D eigenvalue weighted by molar-refractivity contribution is -0.0299. The lowest BCUT2D eigenvalue weighted by Crippen LogP contribution is -2.46. The van der Waals surface area contributed by atoms with Crippen LogP contribution in [0, 0.1) is 0 Å². The first-order valence-corrected chi connectivity index (χ1v) is 4.81. The molecule has 0 aromatic carbocycles. The summed E-state index contributed by atoms with van der Waals surface area (Å²) in [5.74, 6) is 0. The number of methoxy groups -OCH3 is 1. The Labute approximate surface area is 89.5 Å². The first-order chi connectivity index (χ1) is 7.13. The molecule has 1 heterocycles. The summed E-state index contributed by atoms with van der Waals surface area (Å²) in [6, 6.07) is -0.719. The van der Waals surface area contributed by atoms with E-state index in [1.54, 1.807) is 0 Å². The predicted molar refractivity (Wildman–Crippen MR) is 53.8 cm³/mol. The van der Waals surface area contributed by atoms with E-state index >= 15 is 0 Å². The van der Waals surface area contributed by atoms with Gasteiger partial charge in [-0.1, -0.05) is 0 Å². The van der Waals surface area contributed by atoms with Gasteiger partial charge in [0.2, 0.25) is 0 Å². The van der Waals surface area contributed by atoms with Gasteiger partial charge in [-0.05, 0) is 0 Å². The number of nitrogens with one attached hydrogen (secondary N) is 1. The van der Waals surface area contributed by atoms with Crippen molar-refractivity contribution < 1.29 is 23.9 Å². The number of amides is 2. The zero-order valence-electron chi connectivity index (χ0n) is 8.25. The second-order valence-corrected chi connectivity index (χ2v) is 3.36. The molecule has 7 nitrogen and oxygen atoms in total. The maximum atomic E-state index is 10.7. The van der Waals surface area contributed by atoms with E-state index in [1.165, 1.54) is 7.11 Å². The largest absolute Gasteiger partial charge is 0.394 e. The van der Waals surface area contributed by atoms with Gasteiger partial charge < -0.3 is 30.2 Å². The SMILES string of the molecule is COC1C(NC(N)=O)OC(CO)C1OP. The van der Waals surface area contributed by atoms with Gasteiger partial charge in [0, 0.05) is 16.6 Å². The highest BCUT2D eigenvalue weighted by Crippen LogP contribution is 2.26. The van der Waals surface area contributed by atoms with Gasteiger partial charge in [0.05, 0.1) is 6.61 Å². The lowest BCUT2D eigenvalue weighted by Gasteiger charge is -2.20. The molecule has 1 rings (SSSR count). The van der Waals surface area contributed by atoms with E-state index < -0.39 is 30.6 Å². The fourth-order valence-electron chi connectivity index (χ4n) is 1.55. The Kier molecular flexibility index (Phi) is 4.69. The third-order valence-electron chi connectivity index (χ3n) is 2.20. The van der Waals surface area contributed by atoms with Gasteiger partial charge in [0.25, 0.3) is 0 Å². The number of nitrogens with two attached hydrogens (primary N) is 1. The van der Waals surface area contributed by atoms with Crippen LogP contribution < -0.4 is 11.1 Å². The summed E-state index contributed by atoms with van der Waals surface area (Å²) in [6.07, 6.45) is -2.24. The number of primary amides is 1. The monoisotopic (exact) mass is 238 g/mol. The van der Waals surface area contributed by atoms with Crippen LogP contribution in [0.3, 0.4) is 0 Å². The van der Waals surface area contributed by atoms with Crippen molar-refractivity contribution in [1.82, 2.24) is 5.32 Å². The van der Waals surface area contributed by atoms with Crippen molar-refractivity contribution in [3.63, 3.8) is 0 Å². The van der Waals surface area contributed by atoms with Gasteiger partial charge in [-0.25, -0.2) is 4.79 Å².